The van der Waals surface area contributed by atoms with Gasteiger partial charge in [0.2, 0.25) is 12.3 Å². The average Bonchev–Trinajstić information content (AvgIpc) is 3.45. The molecule has 0 radical (unpaired) electrons. The first kappa shape index (κ1) is 28.9. The molecule has 2 amide bonds. The standard InChI is InChI=1S/C10H19NO.C10H9NO.C4H5NO.C2H6/c1-8(2)7-10(12)11-6-4-5-9(11)3;1-2-9-3-5-10(6-4-9)7-11-8-12;1-4-2-3-6-5-4;1-2/h8-9H,4-7H2,1-3H3;1,3-6,8H,7H2,(H,11,12);2-3H,1H3;1-2H3. The van der Waals surface area contributed by atoms with Crippen molar-refractivity contribution in [3.05, 3.63) is 53.4 Å². The first-order valence-corrected chi connectivity index (χ1v) is 11.3. The van der Waals surface area contributed by atoms with Gasteiger partial charge in [-0.25, -0.2) is 0 Å². The molecule has 32 heavy (non-hydrogen) atoms. The van der Waals surface area contributed by atoms with Crippen LogP contribution < -0.4 is 5.32 Å². The van der Waals surface area contributed by atoms with E-state index in [2.05, 4.69) is 41.7 Å². The molecule has 1 aromatic heterocycles. The maximum atomic E-state index is 11.6. The molecule has 176 valence electrons. The van der Waals surface area contributed by atoms with Gasteiger partial charge in [-0.3, -0.25) is 9.59 Å². The largest absolute Gasteiger partial charge is 0.365 e. The van der Waals surface area contributed by atoms with Crippen LogP contribution >= 0.6 is 0 Å². The fourth-order valence-corrected chi connectivity index (χ4v) is 2.92. The summed E-state index contributed by atoms with van der Waals surface area (Å²) in [5.74, 6) is 3.35. The Morgan fingerprint density at radius 2 is 1.97 bits per heavy atom. The number of nitrogens with one attached hydrogen (secondary N) is 1. The summed E-state index contributed by atoms with van der Waals surface area (Å²) in [5.41, 5.74) is 2.82. The Bertz CT molecular complexity index is 778. The molecular weight excluding hydrogens is 402 g/mol. The molecule has 1 saturated heterocycles. The Labute approximate surface area is 193 Å². The van der Waals surface area contributed by atoms with E-state index in [0.29, 0.717) is 37.2 Å². The number of carbonyl (C=O) groups is 2. The summed E-state index contributed by atoms with van der Waals surface area (Å²) in [6.07, 6.45) is 10.5. The fraction of sp³-hybridized carbons (Fsp3) is 0.500. The van der Waals surface area contributed by atoms with Crippen molar-refractivity contribution in [2.75, 3.05) is 6.54 Å². The minimum Gasteiger partial charge on any atom is -0.365 e. The van der Waals surface area contributed by atoms with Gasteiger partial charge in [0, 0.05) is 37.2 Å². The topological polar surface area (TPSA) is 75.4 Å². The van der Waals surface area contributed by atoms with Crippen molar-refractivity contribution in [1.82, 2.24) is 15.4 Å². The highest BCUT2D eigenvalue weighted by atomic mass is 16.5. The van der Waals surface area contributed by atoms with Crippen LogP contribution in [0.4, 0.5) is 0 Å². The number of hydrogen-bond acceptors (Lipinski definition) is 4. The number of likely N-dealkylation sites (tertiary alicyclic amines) is 1. The summed E-state index contributed by atoms with van der Waals surface area (Å²) >= 11 is 0. The van der Waals surface area contributed by atoms with E-state index in [0.717, 1.165) is 23.4 Å². The van der Waals surface area contributed by atoms with E-state index in [4.69, 9.17) is 6.42 Å². The average molecular weight is 442 g/mol. The van der Waals surface area contributed by atoms with Crippen molar-refractivity contribution in [2.24, 2.45) is 5.92 Å². The van der Waals surface area contributed by atoms with E-state index < -0.39 is 0 Å². The third kappa shape index (κ3) is 12.6. The summed E-state index contributed by atoms with van der Waals surface area (Å²) in [5, 5.41) is 6.11. The second-order valence-corrected chi connectivity index (χ2v) is 7.66. The van der Waals surface area contributed by atoms with Crippen molar-refractivity contribution < 1.29 is 14.1 Å². The Morgan fingerprint density at radius 3 is 2.34 bits per heavy atom. The van der Waals surface area contributed by atoms with Crippen molar-refractivity contribution in [3.8, 4) is 12.3 Å². The molecule has 1 N–H and O–H groups in total. The minimum absolute atomic E-state index is 0.343. The van der Waals surface area contributed by atoms with Crippen LogP contribution in [0.5, 0.6) is 0 Å². The number of aromatic nitrogens is 1. The third-order valence-corrected chi connectivity index (χ3v) is 4.53. The monoisotopic (exact) mass is 441 g/mol. The van der Waals surface area contributed by atoms with E-state index in [1.807, 2.05) is 49.9 Å². The van der Waals surface area contributed by atoms with Gasteiger partial charge in [0.15, 0.2) is 0 Å². The van der Waals surface area contributed by atoms with Crippen LogP contribution in [0.3, 0.4) is 0 Å². The van der Waals surface area contributed by atoms with E-state index in [1.165, 1.54) is 12.8 Å². The van der Waals surface area contributed by atoms with Crippen molar-refractivity contribution in [3.63, 3.8) is 0 Å². The Morgan fingerprint density at radius 1 is 1.31 bits per heavy atom. The normalized spacial score (nSPS) is 13.9. The number of nitrogens with zero attached hydrogens (tertiary/aromatic N) is 2. The number of amides is 2. The van der Waals surface area contributed by atoms with Gasteiger partial charge in [-0.15, -0.1) is 6.42 Å². The van der Waals surface area contributed by atoms with Crippen LogP contribution in [-0.2, 0) is 16.1 Å². The zero-order valence-corrected chi connectivity index (χ0v) is 20.4. The molecule has 1 aliphatic rings. The Hall–Kier alpha value is -3.07. The van der Waals surface area contributed by atoms with Crippen molar-refractivity contribution in [1.29, 1.82) is 0 Å². The molecular formula is C26H39N3O3. The summed E-state index contributed by atoms with van der Waals surface area (Å²) in [7, 11) is 0. The summed E-state index contributed by atoms with van der Waals surface area (Å²) in [6, 6.07) is 9.78. The highest BCUT2D eigenvalue weighted by Crippen LogP contribution is 2.18. The van der Waals surface area contributed by atoms with Crippen LogP contribution in [0.1, 0.15) is 70.7 Å². The molecule has 0 bridgehead atoms. The smallest absolute Gasteiger partial charge is 0.223 e. The molecule has 0 spiro atoms. The number of hydrogen-bond donors (Lipinski definition) is 1. The molecule has 0 aliphatic carbocycles. The first-order chi connectivity index (χ1) is 15.4. The Kier molecular flexibility index (Phi) is 15.9. The molecule has 6 nitrogen and oxygen atoms in total. The molecule has 1 aromatic carbocycles. The van der Waals surface area contributed by atoms with E-state index in [-0.39, 0.29) is 0 Å². The van der Waals surface area contributed by atoms with Gasteiger partial charge in [0.25, 0.3) is 0 Å². The van der Waals surface area contributed by atoms with Gasteiger partial charge in [-0.1, -0.05) is 50.9 Å². The van der Waals surface area contributed by atoms with Crippen molar-refractivity contribution >= 4 is 12.3 Å². The summed E-state index contributed by atoms with van der Waals surface area (Å²) in [6.45, 7) is 13.7. The van der Waals surface area contributed by atoms with Crippen molar-refractivity contribution in [2.45, 2.75) is 73.4 Å². The zero-order valence-electron chi connectivity index (χ0n) is 20.4. The molecule has 3 rings (SSSR count). The Balaban J connectivity index is 0.000000454. The third-order valence-electron chi connectivity index (χ3n) is 4.53. The number of carbonyl (C=O) groups excluding carboxylic acids is 2. The summed E-state index contributed by atoms with van der Waals surface area (Å²) < 4.78 is 4.46. The van der Waals surface area contributed by atoms with Gasteiger partial charge in [-0.05, 0) is 50.3 Å². The predicted octanol–water partition coefficient (Wildman–Crippen LogP) is 4.97. The SMILES string of the molecule is C#Cc1ccc(CNC=O)cc1.CC.CC(C)CC(=O)N1CCCC1C.Cc1ccon1. The van der Waals surface area contributed by atoms with Gasteiger partial charge in [0.1, 0.15) is 6.26 Å². The maximum Gasteiger partial charge on any atom is 0.223 e. The van der Waals surface area contributed by atoms with Crippen LogP contribution in [-0.4, -0.2) is 35.0 Å². The molecule has 2 aromatic rings. The van der Waals surface area contributed by atoms with Crippen LogP contribution in [0.2, 0.25) is 0 Å². The molecule has 6 heteroatoms. The number of aryl methyl sites for hydroxylation is 1. The predicted molar refractivity (Wildman–Crippen MR) is 130 cm³/mol. The quantitative estimate of drug-likeness (QED) is 0.525. The summed E-state index contributed by atoms with van der Waals surface area (Å²) in [4.78, 5) is 23.6. The molecule has 2 heterocycles. The lowest BCUT2D eigenvalue weighted by molar-refractivity contribution is -0.132. The lowest BCUT2D eigenvalue weighted by atomic mass is 10.1. The van der Waals surface area contributed by atoms with Gasteiger partial charge in [0.05, 0.1) is 5.69 Å². The van der Waals surface area contributed by atoms with E-state index >= 15 is 0 Å². The van der Waals surface area contributed by atoms with E-state index in [1.54, 1.807) is 12.3 Å². The van der Waals surface area contributed by atoms with Crippen LogP contribution in [0.15, 0.2) is 41.1 Å². The number of terminal acetylenes is 1. The minimum atomic E-state index is 0.343. The number of benzene rings is 1. The van der Waals surface area contributed by atoms with Gasteiger partial charge < -0.3 is 14.7 Å². The molecule has 0 saturated carbocycles. The molecule has 1 unspecified atom stereocenters. The highest BCUT2D eigenvalue weighted by Gasteiger charge is 2.24. The van der Waals surface area contributed by atoms with Gasteiger partial charge in [-0.2, -0.15) is 0 Å². The zero-order chi connectivity index (χ0) is 24.4. The highest BCUT2D eigenvalue weighted by molar-refractivity contribution is 5.76. The lowest BCUT2D eigenvalue weighted by Crippen LogP contribution is -2.34. The van der Waals surface area contributed by atoms with Gasteiger partial charge >= 0.3 is 0 Å². The van der Waals surface area contributed by atoms with Crippen LogP contribution in [0, 0.1) is 25.2 Å². The second kappa shape index (κ2) is 17.6. The fourth-order valence-electron chi connectivity index (χ4n) is 2.92. The lowest BCUT2D eigenvalue weighted by Gasteiger charge is -2.22. The first-order valence-electron chi connectivity index (χ1n) is 11.3. The molecule has 1 fully saturated rings. The number of rotatable bonds is 5. The van der Waals surface area contributed by atoms with Crippen LogP contribution in [0.25, 0.3) is 0 Å². The maximum absolute atomic E-state index is 11.6. The molecule has 1 aliphatic heterocycles. The van der Waals surface area contributed by atoms with E-state index in [9.17, 15) is 9.59 Å². The second-order valence-electron chi connectivity index (χ2n) is 7.66. The molecule has 1 atom stereocenters.